The minimum Gasteiger partial charge on any atom is -0.452 e. The molecule has 126 valence electrons. The normalized spacial score (nSPS) is 10.3. The fraction of sp³-hybridized carbons (Fsp3) is 0.471. The van der Waals surface area contributed by atoms with Gasteiger partial charge >= 0.3 is 5.97 Å². The Bertz CT molecular complexity index is 569. The van der Waals surface area contributed by atoms with Crippen molar-refractivity contribution in [1.82, 2.24) is 10.2 Å². The first-order valence-electron chi connectivity index (χ1n) is 7.65. The Morgan fingerprint density at radius 1 is 1.22 bits per heavy atom. The highest BCUT2D eigenvalue weighted by atomic mass is 16.5. The van der Waals surface area contributed by atoms with Crippen molar-refractivity contribution in [2.24, 2.45) is 0 Å². The van der Waals surface area contributed by atoms with Crippen LogP contribution in [0.15, 0.2) is 24.3 Å². The highest BCUT2D eigenvalue weighted by Crippen LogP contribution is 2.08. The third-order valence-electron chi connectivity index (χ3n) is 3.21. The van der Waals surface area contributed by atoms with E-state index in [2.05, 4.69) is 5.32 Å². The molecule has 0 aliphatic carbocycles. The number of likely N-dealkylation sites (N-methyl/N-ethyl adjacent to an activating group) is 1. The maximum atomic E-state index is 12.1. The van der Waals surface area contributed by atoms with E-state index in [4.69, 9.17) is 4.74 Å². The predicted octanol–water partition coefficient (Wildman–Crippen LogP) is 1.52. The van der Waals surface area contributed by atoms with E-state index in [1.165, 1.54) is 4.90 Å². The van der Waals surface area contributed by atoms with Crippen molar-refractivity contribution in [3.63, 3.8) is 0 Å². The quantitative estimate of drug-likeness (QED) is 0.773. The first-order valence-corrected chi connectivity index (χ1v) is 7.65. The lowest BCUT2D eigenvalue weighted by molar-refractivity contribution is -0.138. The van der Waals surface area contributed by atoms with Crippen LogP contribution in [0, 0.1) is 6.92 Å². The summed E-state index contributed by atoms with van der Waals surface area (Å²) in [6, 6.07) is 7.02. The van der Waals surface area contributed by atoms with Crippen LogP contribution in [0.2, 0.25) is 0 Å². The third kappa shape index (κ3) is 6.10. The van der Waals surface area contributed by atoms with Crippen LogP contribution in [0.1, 0.15) is 36.7 Å². The van der Waals surface area contributed by atoms with Crippen molar-refractivity contribution in [3.05, 3.63) is 35.4 Å². The molecule has 0 radical (unpaired) electrons. The molecule has 0 unspecified atom stereocenters. The molecule has 1 aromatic rings. The fourth-order valence-corrected chi connectivity index (χ4v) is 2.02. The summed E-state index contributed by atoms with van der Waals surface area (Å²) in [6.07, 6.45) is 0. The van der Waals surface area contributed by atoms with Crippen molar-refractivity contribution in [2.75, 3.05) is 19.7 Å². The molecule has 0 aliphatic heterocycles. The van der Waals surface area contributed by atoms with Gasteiger partial charge in [0, 0.05) is 12.6 Å². The lowest BCUT2D eigenvalue weighted by Gasteiger charge is -2.21. The molecule has 0 spiro atoms. The van der Waals surface area contributed by atoms with Crippen LogP contribution < -0.4 is 5.32 Å². The smallest absolute Gasteiger partial charge is 0.338 e. The summed E-state index contributed by atoms with van der Waals surface area (Å²) in [5.74, 6) is -1.17. The number of hydrogen-bond donors (Lipinski definition) is 1. The van der Waals surface area contributed by atoms with Gasteiger partial charge in [0.15, 0.2) is 6.61 Å². The lowest BCUT2D eigenvalue weighted by Crippen LogP contribution is -2.44. The molecule has 6 heteroatoms. The van der Waals surface area contributed by atoms with Gasteiger partial charge in [-0.1, -0.05) is 18.2 Å². The van der Waals surface area contributed by atoms with Gasteiger partial charge in [-0.2, -0.15) is 0 Å². The van der Waals surface area contributed by atoms with Crippen LogP contribution in [-0.4, -0.2) is 48.4 Å². The van der Waals surface area contributed by atoms with E-state index in [1.807, 2.05) is 19.9 Å². The summed E-state index contributed by atoms with van der Waals surface area (Å²) < 4.78 is 5.05. The van der Waals surface area contributed by atoms with E-state index in [9.17, 15) is 14.4 Å². The van der Waals surface area contributed by atoms with E-state index in [-0.39, 0.29) is 25.1 Å². The predicted molar refractivity (Wildman–Crippen MR) is 87.0 cm³/mol. The Kier molecular flexibility index (Phi) is 7.25. The van der Waals surface area contributed by atoms with Crippen LogP contribution in [0.5, 0.6) is 0 Å². The van der Waals surface area contributed by atoms with Crippen molar-refractivity contribution >= 4 is 17.8 Å². The second kappa shape index (κ2) is 8.92. The third-order valence-corrected chi connectivity index (χ3v) is 3.21. The Hall–Kier alpha value is -2.37. The number of esters is 1. The summed E-state index contributed by atoms with van der Waals surface area (Å²) in [4.78, 5) is 37.1. The highest BCUT2D eigenvalue weighted by Gasteiger charge is 2.18. The first-order chi connectivity index (χ1) is 10.8. The van der Waals surface area contributed by atoms with E-state index < -0.39 is 11.9 Å². The molecule has 0 aliphatic rings. The largest absolute Gasteiger partial charge is 0.452 e. The molecule has 1 N–H and O–H groups in total. The minimum absolute atomic E-state index is 0.00944. The maximum absolute atomic E-state index is 12.1. The molecule has 0 atom stereocenters. The molecule has 0 aromatic heterocycles. The Balaban J connectivity index is 2.55. The van der Waals surface area contributed by atoms with Crippen LogP contribution in [0.3, 0.4) is 0 Å². The average Bonchev–Trinajstić information content (AvgIpc) is 2.49. The number of benzene rings is 1. The molecule has 0 heterocycles. The van der Waals surface area contributed by atoms with Gasteiger partial charge in [0.05, 0.1) is 12.1 Å². The zero-order valence-corrected chi connectivity index (χ0v) is 14.1. The monoisotopic (exact) mass is 320 g/mol. The molecule has 6 nitrogen and oxygen atoms in total. The standard InChI is InChI=1S/C17H24N2O4/c1-5-19(10-15(20)18-12(2)3)16(21)11-23-17(22)14-9-7-6-8-13(14)4/h6-9,12H,5,10-11H2,1-4H3,(H,18,20). The SMILES string of the molecule is CCN(CC(=O)NC(C)C)C(=O)COC(=O)c1ccccc1C. The van der Waals surface area contributed by atoms with Crippen LogP contribution in [0.25, 0.3) is 0 Å². The van der Waals surface area contributed by atoms with Crippen molar-refractivity contribution in [3.8, 4) is 0 Å². The van der Waals surface area contributed by atoms with E-state index in [1.54, 1.807) is 32.0 Å². The zero-order chi connectivity index (χ0) is 17.4. The molecule has 1 rings (SSSR count). The summed E-state index contributed by atoms with van der Waals surface area (Å²) in [5, 5.41) is 2.72. The minimum atomic E-state index is -0.542. The Morgan fingerprint density at radius 3 is 2.43 bits per heavy atom. The second-order valence-corrected chi connectivity index (χ2v) is 5.52. The molecule has 0 saturated carbocycles. The molecule has 2 amide bonds. The maximum Gasteiger partial charge on any atom is 0.338 e. The van der Waals surface area contributed by atoms with Gasteiger partial charge in [-0.25, -0.2) is 4.79 Å². The number of carbonyl (C=O) groups excluding carboxylic acids is 3. The molecular formula is C17H24N2O4. The van der Waals surface area contributed by atoms with Gasteiger partial charge < -0.3 is 15.0 Å². The zero-order valence-electron chi connectivity index (χ0n) is 14.1. The highest BCUT2D eigenvalue weighted by molar-refractivity contribution is 5.93. The molecule has 1 aromatic carbocycles. The Morgan fingerprint density at radius 2 is 1.87 bits per heavy atom. The van der Waals surface area contributed by atoms with E-state index >= 15 is 0 Å². The van der Waals surface area contributed by atoms with Crippen molar-refractivity contribution < 1.29 is 19.1 Å². The molecule has 0 fully saturated rings. The average molecular weight is 320 g/mol. The number of nitrogens with zero attached hydrogens (tertiary/aromatic N) is 1. The summed E-state index contributed by atoms with van der Waals surface area (Å²) >= 11 is 0. The van der Waals surface area contributed by atoms with Gasteiger partial charge in [-0.3, -0.25) is 9.59 Å². The summed E-state index contributed by atoms with van der Waals surface area (Å²) in [7, 11) is 0. The van der Waals surface area contributed by atoms with Gasteiger partial charge in [0.1, 0.15) is 0 Å². The topological polar surface area (TPSA) is 75.7 Å². The number of rotatable bonds is 7. The van der Waals surface area contributed by atoms with Crippen LogP contribution in [-0.2, 0) is 14.3 Å². The van der Waals surface area contributed by atoms with Crippen LogP contribution >= 0.6 is 0 Å². The number of aryl methyl sites for hydroxylation is 1. The molecular weight excluding hydrogens is 296 g/mol. The number of hydrogen-bond acceptors (Lipinski definition) is 4. The molecule has 0 bridgehead atoms. The van der Waals surface area contributed by atoms with Crippen molar-refractivity contribution in [2.45, 2.75) is 33.7 Å². The fourth-order valence-electron chi connectivity index (χ4n) is 2.02. The molecule has 23 heavy (non-hydrogen) atoms. The summed E-state index contributed by atoms with van der Waals surface area (Å²) in [6.45, 7) is 7.20. The van der Waals surface area contributed by atoms with Gasteiger partial charge in [-0.15, -0.1) is 0 Å². The lowest BCUT2D eigenvalue weighted by atomic mass is 10.1. The van der Waals surface area contributed by atoms with Gasteiger partial charge in [0.25, 0.3) is 5.91 Å². The number of nitrogens with one attached hydrogen (secondary N) is 1. The number of ether oxygens (including phenoxy) is 1. The Labute approximate surface area is 136 Å². The van der Waals surface area contributed by atoms with E-state index in [0.29, 0.717) is 12.1 Å². The second-order valence-electron chi connectivity index (χ2n) is 5.52. The van der Waals surface area contributed by atoms with Crippen molar-refractivity contribution in [1.29, 1.82) is 0 Å². The van der Waals surface area contributed by atoms with Gasteiger partial charge in [0.2, 0.25) is 5.91 Å². The van der Waals surface area contributed by atoms with Crippen LogP contribution in [0.4, 0.5) is 0 Å². The number of carbonyl (C=O) groups is 3. The van der Waals surface area contributed by atoms with E-state index in [0.717, 1.165) is 5.56 Å². The summed E-state index contributed by atoms with van der Waals surface area (Å²) in [5.41, 5.74) is 1.22. The number of amides is 2. The molecule has 0 saturated heterocycles. The first kappa shape index (κ1) is 18.7. The van der Waals surface area contributed by atoms with Gasteiger partial charge in [-0.05, 0) is 39.3 Å².